The smallest absolute Gasteiger partial charge is 0.231 e. The van der Waals surface area contributed by atoms with Gasteiger partial charge in [-0.1, -0.05) is 54.1 Å². The Morgan fingerprint density at radius 2 is 1.85 bits per heavy atom. The Balaban J connectivity index is 1.25. The van der Waals surface area contributed by atoms with Gasteiger partial charge < -0.3 is 14.8 Å². The fourth-order valence-electron chi connectivity index (χ4n) is 4.21. The van der Waals surface area contributed by atoms with Crippen LogP contribution in [0.15, 0.2) is 79.0 Å². The summed E-state index contributed by atoms with van der Waals surface area (Å²) in [7, 11) is 0. The van der Waals surface area contributed by atoms with Gasteiger partial charge in [0.2, 0.25) is 6.79 Å². The maximum absolute atomic E-state index is 6.12. The number of hydrogen-bond acceptors (Lipinski definition) is 5. The summed E-state index contributed by atoms with van der Waals surface area (Å²) in [5, 5.41) is 5.36. The van der Waals surface area contributed by atoms with Crippen molar-refractivity contribution < 1.29 is 9.47 Å². The van der Waals surface area contributed by atoms with E-state index < -0.39 is 0 Å². The first-order valence-corrected chi connectivity index (χ1v) is 11.6. The van der Waals surface area contributed by atoms with Crippen LogP contribution in [0.25, 0.3) is 10.9 Å². The second-order valence-corrected chi connectivity index (χ2v) is 8.58. The van der Waals surface area contributed by atoms with Gasteiger partial charge in [-0.05, 0) is 42.3 Å². The normalized spacial score (nSPS) is 12.4. The Labute approximate surface area is 198 Å². The number of benzene rings is 3. The fourth-order valence-corrected chi connectivity index (χ4v) is 4.38. The maximum Gasteiger partial charge on any atom is 0.231 e. The molecular weight excluding hydrogens is 434 g/mol. The van der Waals surface area contributed by atoms with Gasteiger partial charge in [0.25, 0.3) is 0 Å². The molecule has 6 heteroatoms. The highest BCUT2D eigenvalue weighted by Gasteiger charge is 2.19. The lowest BCUT2D eigenvalue weighted by atomic mass is 10.1. The molecule has 1 aromatic heterocycles. The third kappa shape index (κ3) is 5.21. The molecule has 0 saturated heterocycles. The lowest BCUT2D eigenvalue weighted by Crippen LogP contribution is -2.25. The summed E-state index contributed by atoms with van der Waals surface area (Å²) in [6, 6.07) is 24.5. The lowest BCUT2D eigenvalue weighted by molar-refractivity contribution is 0.171. The van der Waals surface area contributed by atoms with Crippen LogP contribution in [0.1, 0.15) is 17.5 Å². The summed E-state index contributed by atoms with van der Waals surface area (Å²) < 4.78 is 11.3. The molecule has 0 amide bonds. The zero-order chi connectivity index (χ0) is 22.5. The van der Waals surface area contributed by atoms with E-state index in [-0.39, 0.29) is 0 Å². The molecule has 0 saturated carbocycles. The van der Waals surface area contributed by atoms with Crippen LogP contribution in [-0.4, -0.2) is 29.8 Å². The summed E-state index contributed by atoms with van der Waals surface area (Å²) >= 11 is 6.12. The van der Waals surface area contributed by atoms with Crippen molar-refractivity contribution in [3.63, 3.8) is 0 Å². The van der Waals surface area contributed by atoms with E-state index in [0.29, 0.717) is 11.8 Å². The van der Waals surface area contributed by atoms with Gasteiger partial charge in [-0.3, -0.25) is 9.88 Å². The van der Waals surface area contributed by atoms with Crippen LogP contribution < -0.4 is 14.8 Å². The van der Waals surface area contributed by atoms with E-state index in [4.69, 9.17) is 21.1 Å². The molecule has 0 bridgehead atoms. The van der Waals surface area contributed by atoms with Crippen LogP contribution in [0.2, 0.25) is 5.02 Å². The SMILES string of the molecule is Clc1ccc2c(NCCCN(Cc3ccccc3)Cc3cccc4c3OCO4)ccnc2c1. The van der Waals surface area contributed by atoms with E-state index in [1.807, 2.05) is 42.6 Å². The van der Waals surface area contributed by atoms with Crippen LogP contribution >= 0.6 is 11.6 Å². The highest BCUT2D eigenvalue weighted by Crippen LogP contribution is 2.36. The number of fused-ring (bicyclic) bond motifs is 2. The molecule has 168 valence electrons. The monoisotopic (exact) mass is 459 g/mol. The molecule has 0 fully saturated rings. The molecule has 33 heavy (non-hydrogen) atoms. The molecule has 5 rings (SSSR count). The fraction of sp³-hybridized carbons (Fsp3) is 0.222. The number of para-hydroxylation sites is 1. The number of hydrogen-bond donors (Lipinski definition) is 1. The van der Waals surface area contributed by atoms with E-state index >= 15 is 0 Å². The average Bonchev–Trinajstić information content (AvgIpc) is 3.32. The van der Waals surface area contributed by atoms with Crippen molar-refractivity contribution in [3.8, 4) is 11.5 Å². The number of nitrogens with one attached hydrogen (secondary N) is 1. The van der Waals surface area contributed by atoms with Gasteiger partial charge in [0, 0.05) is 54.0 Å². The van der Waals surface area contributed by atoms with Crippen LogP contribution in [0.4, 0.5) is 5.69 Å². The minimum Gasteiger partial charge on any atom is -0.454 e. The topological polar surface area (TPSA) is 46.6 Å². The van der Waals surface area contributed by atoms with Crippen molar-refractivity contribution in [3.05, 3.63) is 95.1 Å². The van der Waals surface area contributed by atoms with E-state index in [2.05, 4.69) is 51.6 Å². The van der Waals surface area contributed by atoms with Crippen molar-refractivity contribution in [2.45, 2.75) is 19.5 Å². The first-order valence-electron chi connectivity index (χ1n) is 11.2. The molecule has 0 aliphatic carbocycles. The molecule has 0 atom stereocenters. The zero-order valence-electron chi connectivity index (χ0n) is 18.3. The largest absolute Gasteiger partial charge is 0.454 e. The molecular formula is C27H26ClN3O2. The van der Waals surface area contributed by atoms with E-state index in [9.17, 15) is 0 Å². The van der Waals surface area contributed by atoms with Gasteiger partial charge in [-0.25, -0.2) is 0 Å². The predicted molar refractivity (Wildman–Crippen MR) is 133 cm³/mol. The molecule has 5 nitrogen and oxygen atoms in total. The van der Waals surface area contributed by atoms with Gasteiger partial charge in [0.05, 0.1) is 5.52 Å². The number of halogens is 1. The molecule has 4 aromatic rings. The number of nitrogens with zero attached hydrogens (tertiary/aromatic N) is 2. The highest BCUT2D eigenvalue weighted by molar-refractivity contribution is 6.31. The average molecular weight is 460 g/mol. The Hall–Kier alpha value is -3.28. The number of aromatic nitrogens is 1. The van der Waals surface area contributed by atoms with Crippen LogP contribution in [0.5, 0.6) is 11.5 Å². The van der Waals surface area contributed by atoms with Gasteiger partial charge in [-0.15, -0.1) is 0 Å². The molecule has 2 heterocycles. The highest BCUT2D eigenvalue weighted by atomic mass is 35.5. The second kappa shape index (κ2) is 10.1. The lowest BCUT2D eigenvalue weighted by Gasteiger charge is -2.23. The molecule has 1 aliphatic heterocycles. The van der Waals surface area contributed by atoms with Gasteiger partial charge >= 0.3 is 0 Å². The molecule has 3 aromatic carbocycles. The first kappa shape index (κ1) is 21.6. The number of anilines is 1. The standard InChI is InChI=1S/C27H26ClN3O2/c28-22-10-11-23-24(12-14-30-25(23)16-22)29-13-5-15-31(17-20-6-2-1-3-7-20)18-21-8-4-9-26-27(21)33-19-32-26/h1-4,6-12,14,16H,5,13,15,17-19H2,(H,29,30). The number of ether oxygens (including phenoxy) is 2. The summed E-state index contributed by atoms with van der Waals surface area (Å²) in [5.74, 6) is 1.70. The van der Waals surface area contributed by atoms with Crippen molar-refractivity contribution in [2.75, 3.05) is 25.2 Å². The summed E-state index contributed by atoms with van der Waals surface area (Å²) in [6.45, 7) is 3.78. The first-order chi connectivity index (χ1) is 16.3. The van der Waals surface area contributed by atoms with Crippen LogP contribution in [0.3, 0.4) is 0 Å². The Kier molecular flexibility index (Phi) is 6.61. The van der Waals surface area contributed by atoms with Crippen LogP contribution in [-0.2, 0) is 13.1 Å². The predicted octanol–water partition coefficient (Wildman–Crippen LogP) is 6.12. The summed E-state index contributed by atoms with van der Waals surface area (Å²) in [5.41, 5.74) is 4.44. The van der Waals surface area contributed by atoms with E-state index in [0.717, 1.165) is 66.3 Å². The van der Waals surface area contributed by atoms with Crippen LogP contribution in [0, 0.1) is 0 Å². The minimum absolute atomic E-state index is 0.292. The molecule has 0 unspecified atom stereocenters. The molecule has 1 N–H and O–H groups in total. The quantitative estimate of drug-likeness (QED) is 0.305. The zero-order valence-corrected chi connectivity index (χ0v) is 19.1. The number of rotatable bonds is 9. The van der Waals surface area contributed by atoms with Gasteiger partial charge in [0.1, 0.15) is 0 Å². The second-order valence-electron chi connectivity index (χ2n) is 8.15. The maximum atomic E-state index is 6.12. The summed E-state index contributed by atoms with van der Waals surface area (Å²) in [6.07, 6.45) is 2.82. The third-order valence-corrected chi connectivity index (χ3v) is 6.03. The third-order valence-electron chi connectivity index (χ3n) is 5.79. The van der Waals surface area contributed by atoms with Crippen molar-refractivity contribution in [1.29, 1.82) is 0 Å². The number of pyridine rings is 1. The molecule has 0 spiro atoms. The summed E-state index contributed by atoms with van der Waals surface area (Å²) in [4.78, 5) is 6.88. The Morgan fingerprint density at radius 1 is 0.939 bits per heavy atom. The van der Waals surface area contributed by atoms with Crippen molar-refractivity contribution in [2.24, 2.45) is 0 Å². The van der Waals surface area contributed by atoms with Crippen molar-refractivity contribution >= 4 is 28.2 Å². The van der Waals surface area contributed by atoms with Crippen molar-refractivity contribution in [1.82, 2.24) is 9.88 Å². The Bertz CT molecular complexity index is 1230. The van der Waals surface area contributed by atoms with E-state index in [1.54, 1.807) is 0 Å². The minimum atomic E-state index is 0.292. The van der Waals surface area contributed by atoms with Gasteiger partial charge in [-0.2, -0.15) is 0 Å². The molecule has 0 radical (unpaired) electrons. The van der Waals surface area contributed by atoms with E-state index in [1.165, 1.54) is 5.56 Å². The Morgan fingerprint density at radius 3 is 2.76 bits per heavy atom. The van der Waals surface area contributed by atoms with Gasteiger partial charge in [0.15, 0.2) is 11.5 Å². The molecule has 1 aliphatic rings.